The van der Waals surface area contributed by atoms with Crippen molar-refractivity contribution in [3.63, 3.8) is 0 Å². The summed E-state index contributed by atoms with van der Waals surface area (Å²) in [6, 6.07) is 1.58. The zero-order valence-electron chi connectivity index (χ0n) is 8.56. The highest BCUT2D eigenvalue weighted by molar-refractivity contribution is 5.90. The predicted molar refractivity (Wildman–Crippen MR) is 54.2 cm³/mol. The number of hydrogen-bond acceptors (Lipinski definition) is 3. The molecule has 1 aromatic rings. The molecule has 1 fully saturated rings. The van der Waals surface area contributed by atoms with Crippen molar-refractivity contribution in [2.24, 2.45) is 0 Å². The van der Waals surface area contributed by atoms with Crippen molar-refractivity contribution in [3.8, 4) is 5.75 Å². The summed E-state index contributed by atoms with van der Waals surface area (Å²) in [5.41, 5.74) is 0.990. The number of aromatic nitrogens is 1. The second-order valence-electron chi connectivity index (χ2n) is 3.65. The van der Waals surface area contributed by atoms with Crippen LogP contribution in [0, 0.1) is 0 Å². The lowest BCUT2D eigenvalue weighted by atomic mass is 10.2. The molecule has 1 N–H and O–H groups in total. The number of aromatic carboxylic acids is 1. The van der Waals surface area contributed by atoms with Crippen LogP contribution in [0.4, 0.5) is 0 Å². The van der Waals surface area contributed by atoms with Gasteiger partial charge in [-0.25, -0.2) is 4.79 Å². The highest BCUT2D eigenvalue weighted by Crippen LogP contribution is 2.29. The average molecular weight is 207 g/mol. The Labute approximate surface area is 87.9 Å². The fourth-order valence-corrected chi connectivity index (χ4v) is 1.31. The summed E-state index contributed by atoms with van der Waals surface area (Å²) in [7, 11) is 0. The smallest absolute Gasteiger partial charge is 0.339 e. The molecule has 1 aliphatic carbocycles. The summed E-state index contributed by atoms with van der Waals surface area (Å²) in [5.74, 6) is -0.565. The highest BCUT2D eigenvalue weighted by Gasteiger charge is 2.26. The maximum atomic E-state index is 11.0. The van der Waals surface area contributed by atoms with Crippen LogP contribution in [0.2, 0.25) is 0 Å². The fourth-order valence-electron chi connectivity index (χ4n) is 1.31. The van der Waals surface area contributed by atoms with Gasteiger partial charge in [-0.1, -0.05) is 6.92 Å². The number of carboxylic acid groups (broad SMARTS) is 1. The van der Waals surface area contributed by atoms with Gasteiger partial charge in [-0.3, -0.25) is 4.98 Å². The zero-order chi connectivity index (χ0) is 10.8. The average Bonchev–Trinajstić information content (AvgIpc) is 3.02. The first-order valence-electron chi connectivity index (χ1n) is 5.09. The molecule has 80 valence electrons. The highest BCUT2D eigenvalue weighted by atomic mass is 16.5. The molecule has 1 aromatic heterocycles. The second kappa shape index (κ2) is 3.88. The molecule has 0 unspecified atom stereocenters. The molecule has 15 heavy (non-hydrogen) atoms. The van der Waals surface area contributed by atoms with Crippen LogP contribution in [0.25, 0.3) is 0 Å². The van der Waals surface area contributed by atoms with Gasteiger partial charge >= 0.3 is 5.97 Å². The van der Waals surface area contributed by atoms with Gasteiger partial charge in [0, 0.05) is 5.69 Å². The SMILES string of the molecule is CCc1cc(C(=O)O)c(OC2CC2)cn1. The molecule has 0 saturated heterocycles. The lowest BCUT2D eigenvalue weighted by Gasteiger charge is -2.08. The summed E-state index contributed by atoms with van der Waals surface area (Å²) in [4.78, 5) is 15.1. The second-order valence-corrected chi connectivity index (χ2v) is 3.65. The first-order chi connectivity index (χ1) is 7.20. The minimum Gasteiger partial charge on any atom is -0.488 e. The van der Waals surface area contributed by atoms with Crippen molar-refractivity contribution < 1.29 is 14.6 Å². The van der Waals surface area contributed by atoms with E-state index in [9.17, 15) is 4.79 Å². The number of carboxylic acids is 1. The number of rotatable bonds is 4. The van der Waals surface area contributed by atoms with Crippen molar-refractivity contribution in [1.82, 2.24) is 4.98 Å². The number of aryl methyl sites for hydroxylation is 1. The molecule has 1 heterocycles. The summed E-state index contributed by atoms with van der Waals surface area (Å²) < 4.78 is 5.47. The Bertz CT molecular complexity index is 385. The lowest BCUT2D eigenvalue weighted by Crippen LogP contribution is -2.06. The summed E-state index contributed by atoms with van der Waals surface area (Å²) in [6.07, 6.45) is 4.45. The Hall–Kier alpha value is -1.58. The van der Waals surface area contributed by atoms with Crippen molar-refractivity contribution in [2.75, 3.05) is 0 Å². The standard InChI is InChI=1S/C11H13NO3/c1-2-7-5-9(11(13)14)10(6-12-7)15-8-3-4-8/h5-6,8H,2-4H2,1H3,(H,13,14). The minimum atomic E-state index is -0.956. The van der Waals surface area contributed by atoms with Gasteiger partial charge in [0.1, 0.15) is 5.56 Å². The predicted octanol–water partition coefficient (Wildman–Crippen LogP) is 1.88. The van der Waals surface area contributed by atoms with E-state index in [1.165, 1.54) is 6.20 Å². The normalized spacial score (nSPS) is 15.0. The van der Waals surface area contributed by atoms with Gasteiger partial charge in [0.25, 0.3) is 0 Å². The van der Waals surface area contributed by atoms with Crippen LogP contribution < -0.4 is 4.74 Å². The van der Waals surface area contributed by atoms with E-state index in [1.54, 1.807) is 6.07 Å². The Morgan fingerprint density at radius 1 is 1.67 bits per heavy atom. The van der Waals surface area contributed by atoms with Crippen LogP contribution in [0.15, 0.2) is 12.3 Å². The van der Waals surface area contributed by atoms with E-state index < -0.39 is 5.97 Å². The van der Waals surface area contributed by atoms with Gasteiger partial charge in [0.2, 0.25) is 0 Å². The molecule has 0 bridgehead atoms. The van der Waals surface area contributed by atoms with Gasteiger partial charge in [0.15, 0.2) is 5.75 Å². The van der Waals surface area contributed by atoms with E-state index in [2.05, 4.69) is 4.98 Å². The molecule has 4 heteroatoms. The van der Waals surface area contributed by atoms with Crippen molar-refractivity contribution in [1.29, 1.82) is 0 Å². The molecule has 2 rings (SSSR count). The van der Waals surface area contributed by atoms with E-state index in [4.69, 9.17) is 9.84 Å². The van der Waals surface area contributed by atoms with E-state index in [0.29, 0.717) is 5.75 Å². The van der Waals surface area contributed by atoms with E-state index in [1.807, 2.05) is 6.92 Å². The maximum absolute atomic E-state index is 11.0. The number of nitrogens with zero attached hydrogens (tertiary/aromatic N) is 1. The summed E-state index contributed by atoms with van der Waals surface area (Å²) in [5, 5.41) is 9.01. The molecule has 0 aliphatic heterocycles. The van der Waals surface area contributed by atoms with E-state index >= 15 is 0 Å². The van der Waals surface area contributed by atoms with Gasteiger partial charge < -0.3 is 9.84 Å². The first kappa shape index (κ1) is 9.96. The Morgan fingerprint density at radius 3 is 2.93 bits per heavy atom. The third-order valence-corrected chi connectivity index (χ3v) is 2.33. The molecule has 1 saturated carbocycles. The Kier molecular flexibility index (Phi) is 2.58. The Morgan fingerprint density at radius 2 is 2.40 bits per heavy atom. The zero-order valence-corrected chi connectivity index (χ0v) is 8.56. The van der Waals surface area contributed by atoms with Gasteiger partial charge in [-0.15, -0.1) is 0 Å². The third-order valence-electron chi connectivity index (χ3n) is 2.33. The van der Waals surface area contributed by atoms with Crippen molar-refractivity contribution in [3.05, 3.63) is 23.5 Å². The van der Waals surface area contributed by atoms with Crippen LogP contribution in [-0.2, 0) is 6.42 Å². The fraction of sp³-hybridized carbons (Fsp3) is 0.455. The van der Waals surface area contributed by atoms with E-state index in [-0.39, 0.29) is 11.7 Å². The lowest BCUT2D eigenvalue weighted by molar-refractivity contribution is 0.0691. The third kappa shape index (κ3) is 2.26. The van der Waals surface area contributed by atoms with Crippen LogP contribution in [-0.4, -0.2) is 22.2 Å². The summed E-state index contributed by atoms with van der Waals surface area (Å²) >= 11 is 0. The summed E-state index contributed by atoms with van der Waals surface area (Å²) in [6.45, 7) is 1.94. The molecule has 0 spiro atoms. The molecular formula is C11H13NO3. The van der Waals surface area contributed by atoms with Gasteiger partial charge in [-0.05, 0) is 25.3 Å². The number of hydrogen-bond donors (Lipinski definition) is 1. The van der Waals surface area contributed by atoms with Crippen molar-refractivity contribution in [2.45, 2.75) is 32.3 Å². The first-order valence-corrected chi connectivity index (χ1v) is 5.09. The minimum absolute atomic E-state index is 0.192. The molecule has 0 amide bonds. The molecule has 0 aromatic carbocycles. The number of carbonyl (C=O) groups is 1. The van der Waals surface area contributed by atoms with Crippen LogP contribution in [0.1, 0.15) is 35.8 Å². The van der Waals surface area contributed by atoms with E-state index in [0.717, 1.165) is 25.0 Å². The molecule has 4 nitrogen and oxygen atoms in total. The number of ether oxygens (including phenoxy) is 1. The molecular weight excluding hydrogens is 194 g/mol. The monoisotopic (exact) mass is 207 g/mol. The van der Waals surface area contributed by atoms with Gasteiger partial charge in [0.05, 0.1) is 12.3 Å². The largest absolute Gasteiger partial charge is 0.488 e. The molecule has 1 aliphatic rings. The van der Waals surface area contributed by atoms with Gasteiger partial charge in [-0.2, -0.15) is 0 Å². The van der Waals surface area contributed by atoms with Crippen LogP contribution >= 0.6 is 0 Å². The number of pyridine rings is 1. The van der Waals surface area contributed by atoms with Crippen molar-refractivity contribution >= 4 is 5.97 Å². The quantitative estimate of drug-likeness (QED) is 0.818. The Balaban J connectivity index is 2.29. The topological polar surface area (TPSA) is 59.4 Å². The van der Waals surface area contributed by atoms with Crippen LogP contribution in [0.5, 0.6) is 5.75 Å². The molecule has 0 atom stereocenters. The van der Waals surface area contributed by atoms with Crippen LogP contribution in [0.3, 0.4) is 0 Å². The molecule has 0 radical (unpaired) electrons. The maximum Gasteiger partial charge on any atom is 0.339 e.